The molecule has 0 aliphatic heterocycles. The van der Waals surface area contributed by atoms with Gasteiger partial charge in [0.05, 0.1) is 0 Å². The summed E-state index contributed by atoms with van der Waals surface area (Å²) in [6, 6.07) is 0. The molecule has 0 spiro atoms. The van der Waals surface area contributed by atoms with Crippen molar-refractivity contribution in [2.75, 3.05) is 0 Å². The summed E-state index contributed by atoms with van der Waals surface area (Å²) in [5.41, 5.74) is 0. The molecule has 0 aromatic rings. The first-order valence-electron chi connectivity index (χ1n) is 27.1. The third kappa shape index (κ3) is 94.9. The predicted octanol–water partition coefficient (Wildman–Crippen LogP) is 18.6. The molecule has 0 radical (unpaired) electrons. The molecule has 376 valence electrons. The van der Waals surface area contributed by atoms with E-state index in [1.165, 1.54) is 225 Å². The van der Waals surface area contributed by atoms with Crippen LogP contribution in [0.2, 0.25) is 0 Å². The van der Waals surface area contributed by atoms with Crippen LogP contribution in [0.25, 0.3) is 0 Å². The number of aliphatic carboxylic acids is 1. The Hall–Kier alpha value is -1.50. The first-order valence-corrected chi connectivity index (χ1v) is 27.7. The van der Waals surface area contributed by atoms with Crippen molar-refractivity contribution in [3.63, 3.8) is 0 Å². The van der Waals surface area contributed by atoms with Gasteiger partial charge in [0.2, 0.25) is 0 Å². The van der Waals surface area contributed by atoms with E-state index in [1.54, 1.807) is 13.8 Å². The van der Waals surface area contributed by atoms with Crippen molar-refractivity contribution in [2.45, 2.75) is 310 Å². The minimum absolute atomic E-state index is 0.167. The Morgan fingerprint density at radius 2 is 0.578 bits per heavy atom. The van der Waals surface area contributed by atoms with Crippen LogP contribution in [0.5, 0.6) is 0 Å². The number of carboxylic acid groups (broad SMARTS) is 1. The van der Waals surface area contributed by atoms with Crippen LogP contribution in [-0.4, -0.2) is 34.9 Å². The second kappa shape index (κ2) is 75.8. The molecule has 64 heavy (non-hydrogen) atoms. The van der Waals surface area contributed by atoms with Crippen LogP contribution in [0, 0.1) is 0 Å². The zero-order valence-corrected chi connectivity index (χ0v) is 44.8. The molecule has 0 rings (SSSR count). The van der Waals surface area contributed by atoms with E-state index >= 15 is 0 Å². The molecule has 0 aliphatic carbocycles. The summed E-state index contributed by atoms with van der Waals surface area (Å²) < 4.78 is 8.25. The van der Waals surface area contributed by atoms with Gasteiger partial charge in [0.25, 0.3) is 0 Å². The Morgan fingerprint density at radius 1 is 0.391 bits per heavy atom. The molecule has 0 saturated carbocycles. The van der Waals surface area contributed by atoms with Gasteiger partial charge in [0.15, 0.2) is 0 Å². The molecule has 0 atom stereocenters. The first-order chi connectivity index (χ1) is 31.3. The van der Waals surface area contributed by atoms with Crippen LogP contribution < -0.4 is 0 Å². The molecule has 6 nitrogen and oxygen atoms in total. The molecule has 0 heterocycles. The zero-order valence-electron chi connectivity index (χ0n) is 43.3. The molecule has 0 aliphatic rings. The van der Waals surface area contributed by atoms with Crippen molar-refractivity contribution in [1.29, 1.82) is 0 Å². The average molecular weight is 937 g/mol. The standard InChI is InChI=1S/C18H34O2.2C18H33O.C3H8O.O.Ti/c1-2-3-4-5-6-7-8-9-10-11-12-13-14-15-16-17-18(19)20;2*1-2-3-4-5-6-7-8-9-10-11-12-13-14-15-16-17-18-19;1-3(2)4;;/h9-10H,2-8,11-17H2,1H3,(H,19,20);2*9-10H,2-8,11-17H2,1H3;3-4H,1-2H3;;/q;2*-1;;;+2/b3*10-9-;;;. The van der Waals surface area contributed by atoms with Crippen LogP contribution in [0.1, 0.15) is 304 Å². The summed E-state index contributed by atoms with van der Waals surface area (Å²) in [6.07, 6.45) is 69.5. The summed E-state index contributed by atoms with van der Waals surface area (Å²) >= 11 is 0.750. The van der Waals surface area contributed by atoms with E-state index in [2.05, 4.69) is 57.2 Å². The normalized spacial score (nSPS) is 10.8. The number of hydrogen-bond donors (Lipinski definition) is 2. The second-order valence-corrected chi connectivity index (χ2v) is 17.8. The number of carbonyl (C=O) groups is 1. The summed E-state index contributed by atoms with van der Waals surface area (Å²) in [5, 5.41) is 16.6. The molecular weight excluding hydrogens is 828 g/mol. The first kappa shape index (κ1) is 71.5. The van der Waals surface area contributed by atoms with E-state index in [0.717, 1.165) is 46.1 Å². The number of carbonyl (C=O) groups excluding carboxylic acids is 2. The number of carboxylic acids is 1. The van der Waals surface area contributed by atoms with E-state index in [-0.39, 0.29) is 6.10 Å². The summed E-state index contributed by atoms with van der Waals surface area (Å²) in [4.78, 5) is 30.3. The fraction of sp³-hybridized carbons (Fsp3) is 0.842. The van der Waals surface area contributed by atoms with Crippen LogP contribution >= 0.6 is 0 Å². The van der Waals surface area contributed by atoms with Crippen LogP contribution in [0.15, 0.2) is 36.5 Å². The third-order valence-electron chi connectivity index (χ3n) is 10.7. The zero-order chi connectivity index (χ0) is 48.5. The van der Waals surface area contributed by atoms with Crippen molar-refractivity contribution in [2.24, 2.45) is 0 Å². The van der Waals surface area contributed by atoms with Crippen molar-refractivity contribution < 1.29 is 48.3 Å². The molecule has 0 unspecified atom stereocenters. The summed E-state index contributed by atoms with van der Waals surface area (Å²) in [5.74, 6) is -0.664. The Kier molecular flexibility index (Phi) is 84.7. The monoisotopic (exact) mass is 937 g/mol. The van der Waals surface area contributed by atoms with Crippen molar-refractivity contribution in [3.8, 4) is 0 Å². The van der Waals surface area contributed by atoms with E-state index in [0.29, 0.717) is 19.3 Å². The fourth-order valence-electron chi connectivity index (χ4n) is 6.88. The number of aliphatic hydroxyl groups excluding tert-OH is 1. The van der Waals surface area contributed by atoms with Gasteiger partial charge in [0, 0.05) is 12.5 Å². The van der Waals surface area contributed by atoms with Gasteiger partial charge >= 0.3 is 29.7 Å². The van der Waals surface area contributed by atoms with Gasteiger partial charge in [-0.05, 0) is 97.3 Å². The van der Waals surface area contributed by atoms with Crippen LogP contribution in [0.4, 0.5) is 0 Å². The third-order valence-corrected chi connectivity index (χ3v) is 10.7. The number of unbranched alkanes of at least 4 members (excludes halogenated alkanes) is 35. The Morgan fingerprint density at radius 3 is 0.781 bits per heavy atom. The molecule has 0 fully saturated rings. The molecule has 0 bridgehead atoms. The number of aliphatic hydroxyl groups is 1. The topological polar surface area (TPSA) is 109 Å². The van der Waals surface area contributed by atoms with Crippen molar-refractivity contribution in [1.82, 2.24) is 0 Å². The van der Waals surface area contributed by atoms with Crippen LogP contribution in [0.3, 0.4) is 0 Å². The maximum absolute atomic E-state index is 10.3. The van der Waals surface area contributed by atoms with Gasteiger partial charge in [-0.3, -0.25) is 17.4 Å². The quantitative estimate of drug-likeness (QED) is 0.0272. The molecule has 2 N–H and O–H groups in total. The average Bonchev–Trinajstić information content (AvgIpc) is 3.28. The summed E-state index contributed by atoms with van der Waals surface area (Å²) in [7, 11) is 0. The van der Waals surface area contributed by atoms with E-state index in [9.17, 15) is 14.4 Å². The number of hydrogen-bond acceptors (Lipinski definition) is 5. The number of allylic oxidation sites excluding steroid dienone is 6. The fourth-order valence-corrected chi connectivity index (χ4v) is 6.88. The maximum atomic E-state index is 10.3. The van der Waals surface area contributed by atoms with Gasteiger partial charge < -0.3 is 19.8 Å². The predicted molar refractivity (Wildman–Crippen MR) is 275 cm³/mol. The SMILES string of the molecule is CC(C)O.CCCCCCCC/C=C\CCCCCCCC(=O)O.CCCCCCCC/C=C\CCCCCCC[C-]=O.CCCCCCCC/C=C\CCCCCCC[C-]=O.[O]=[Ti+2]. The molecule has 0 aromatic heterocycles. The van der Waals surface area contributed by atoms with Gasteiger partial charge in [-0.15, -0.1) is 0 Å². The van der Waals surface area contributed by atoms with E-state index in [4.69, 9.17) is 13.5 Å². The molecule has 7 heteroatoms. The molecule has 0 saturated heterocycles. The van der Waals surface area contributed by atoms with Crippen molar-refractivity contribution >= 4 is 18.5 Å². The van der Waals surface area contributed by atoms with E-state index in [1.807, 2.05) is 12.6 Å². The Labute approximate surface area is 411 Å². The Balaban J connectivity index is -0.000000255. The van der Waals surface area contributed by atoms with Gasteiger partial charge in [-0.1, -0.05) is 224 Å². The van der Waals surface area contributed by atoms with E-state index < -0.39 is 5.97 Å². The molecule has 0 amide bonds. The summed E-state index contributed by atoms with van der Waals surface area (Å²) in [6.45, 7) is 10.2. The van der Waals surface area contributed by atoms with Gasteiger partial charge in [-0.25, -0.2) is 0 Å². The number of rotatable bonds is 45. The molecular formula is C57H108O6Ti. The Bertz CT molecular complexity index is 871. The van der Waals surface area contributed by atoms with Gasteiger partial charge in [0.1, 0.15) is 0 Å². The van der Waals surface area contributed by atoms with Gasteiger partial charge in [-0.2, -0.15) is 12.8 Å². The van der Waals surface area contributed by atoms with Crippen molar-refractivity contribution in [3.05, 3.63) is 36.5 Å². The molecule has 0 aromatic carbocycles. The minimum atomic E-state index is -0.664. The second-order valence-electron chi connectivity index (χ2n) is 17.8. The van der Waals surface area contributed by atoms with Crippen LogP contribution in [-0.2, 0) is 38.1 Å².